The molecule has 2 aromatic carbocycles. The molecule has 2 N–H and O–H groups in total. The van der Waals surface area contributed by atoms with E-state index in [4.69, 9.17) is 10.5 Å². The lowest BCUT2D eigenvalue weighted by Crippen LogP contribution is -2.12. The number of aryl methyl sites for hydroxylation is 1. The molecule has 0 aromatic heterocycles. The average molecular weight is 320 g/mol. The molecule has 0 heterocycles. The number of halogens is 1. The Kier molecular flexibility index (Phi) is 4.61. The average Bonchev–Trinajstić information content (AvgIpc) is 2.38. The van der Waals surface area contributed by atoms with E-state index in [1.165, 1.54) is 5.56 Å². The van der Waals surface area contributed by atoms with Crippen LogP contribution in [-0.4, -0.2) is 6.61 Å². The number of ether oxygens (including phenoxy) is 1. The van der Waals surface area contributed by atoms with Gasteiger partial charge >= 0.3 is 0 Å². The third kappa shape index (κ3) is 3.58. The third-order valence-corrected chi connectivity index (χ3v) is 3.43. The van der Waals surface area contributed by atoms with E-state index in [0.717, 1.165) is 21.3 Å². The number of hydrogen-bond donors (Lipinski definition) is 1. The quantitative estimate of drug-likeness (QED) is 0.916. The van der Waals surface area contributed by atoms with E-state index in [-0.39, 0.29) is 6.04 Å². The van der Waals surface area contributed by atoms with E-state index in [1.807, 2.05) is 31.2 Å². The molecule has 2 aromatic rings. The van der Waals surface area contributed by atoms with Gasteiger partial charge in [0.05, 0.1) is 12.6 Å². The van der Waals surface area contributed by atoms with E-state index < -0.39 is 0 Å². The molecule has 2 rings (SSSR count). The molecule has 19 heavy (non-hydrogen) atoms. The smallest absolute Gasteiger partial charge is 0.119 e. The molecule has 3 heteroatoms. The zero-order valence-electron chi connectivity index (χ0n) is 11.2. The van der Waals surface area contributed by atoms with Gasteiger partial charge in [-0.3, -0.25) is 0 Å². The topological polar surface area (TPSA) is 35.2 Å². The SMILES string of the molecule is CCOc1ccc(C(N)c2cc(C)cc(Br)c2)cc1. The van der Waals surface area contributed by atoms with Crippen LogP contribution >= 0.6 is 15.9 Å². The van der Waals surface area contributed by atoms with Gasteiger partial charge in [0.2, 0.25) is 0 Å². The highest BCUT2D eigenvalue weighted by molar-refractivity contribution is 9.10. The lowest BCUT2D eigenvalue weighted by Gasteiger charge is -2.14. The fourth-order valence-corrected chi connectivity index (χ4v) is 2.70. The Bertz CT molecular complexity index is 531. The van der Waals surface area contributed by atoms with Crippen LogP contribution in [0, 0.1) is 6.92 Å². The zero-order valence-corrected chi connectivity index (χ0v) is 12.8. The summed E-state index contributed by atoms with van der Waals surface area (Å²) < 4.78 is 6.50. The molecule has 0 amide bonds. The number of nitrogens with two attached hydrogens (primary N) is 1. The van der Waals surface area contributed by atoms with Gasteiger partial charge in [0.1, 0.15) is 5.75 Å². The van der Waals surface area contributed by atoms with Crippen molar-refractivity contribution in [2.45, 2.75) is 19.9 Å². The van der Waals surface area contributed by atoms with Crippen molar-refractivity contribution >= 4 is 15.9 Å². The molecule has 1 unspecified atom stereocenters. The number of benzene rings is 2. The highest BCUT2D eigenvalue weighted by Crippen LogP contribution is 2.25. The van der Waals surface area contributed by atoms with Crippen LogP contribution in [0.5, 0.6) is 5.75 Å². The standard InChI is InChI=1S/C16H18BrNO/c1-3-19-15-6-4-12(5-7-15)16(18)13-8-11(2)9-14(17)10-13/h4-10,16H,3,18H2,1-2H3. The summed E-state index contributed by atoms with van der Waals surface area (Å²) in [7, 11) is 0. The van der Waals surface area contributed by atoms with Crippen molar-refractivity contribution in [3.63, 3.8) is 0 Å². The van der Waals surface area contributed by atoms with Crippen molar-refractivity contribution < 1.29 is 4.74 Å². The second-order valence-electron chi connectivity index (χ2n) is 4.54. The summed E-state index contributed by atoms with van der Waals surface area (Å²) in [5, 5.41) is 0. The molecule has 0 fully saturated rings. The summed E-state index contributed by atoms with van der Waals surface area (Å²) >= 11 is 3.51. The summed E-state index contributed by atoms with van der Waals surface area (Å²) in [4.78, 5) is 0. The second-order valence-corrected chi connectivity index (χ2v) is 5.46. The molecular weight excluding hydrogens is 302 g/mol. The first-order valence-electron chi connectivity index (χ1n) is 6.35. The molecule has 0 aliphatic carbocycles. The van der Waals surface area contributed by atoms with Crippen LogP contribution in [0.2, 0.25) is 0 Å². The fraction of sp³-hybridized carbons (Fsp3) is 0.250. The van der Waals surface area contributed by atoms with Crippen LogP contribution in [0.3, 0.4) is 0 Å². The molecule has 0 saturated carbocycles. The Morgan fingerprint density at radius 3 is 2.37 bits per heavy atom. The maximum absolute atomic E-state index is 6.32. The van der Waals surface area contributed by atoms with Crippen molar-refractivity contribution in [3.8, 4) is 5.75 Å². The third-order valence-electron chi connectivity index (χ3n) is 2.97. The van der Waals surface area contributed by atoms with Gasteiger partial charge in [-0.15, -0.1) is 0 Å². The van der Waals surface area contributed by atoms with Crippen LogP contribution in [0.25, 0.3) is 0 Å². The number of rotatable bonds is 4. The van der Waals surface area contributed by atoms with Gasteiger partial charge in [-0.25, -0.2) is 0 Å². The normalized spacial score (nSPS) is 12.2. The molecule has 2 nitrogen and oxygen atoms in total. The van der Waals surface area contributed by atoms with Crippen molar-refractivity contribution in [3.05, 3.63) is 63.6 Å². The van der Waals surface area contributed by atoms with Gasteiger partial charge in [-0.05, 0) is 54.8 Å². The Balaban J connectivity index is 2.25. The predicted molar refractivity (Wildman–Crippen MR) is 82.5 cm³/mol. The predicted octanol–water partition coefficient (Wildman–Crippen LogP) is 4.20. The molecule has 0 radical (unpaired) electrons. The Labute approximate surface area is 122 Å². The highest BCUT2D eigenvalue weighted by Gasteiger charge is 2.10. The van der Waals surface area contributed by atoms with Crippen molar-refractivity contribution in [2.75, 3.05) is 6.61 Å². The molecule has 0 bridgehead atoms. The van der Waals surface area contributed by atoms with Crippen LogP contribution in [-0.2, 0) is 0 Å². The fourth-order valence-electron chi connectivity index (χ4n) is 2.07. The Morgan fingerprint density at radius 1 is 1.11 bits per heavy atom. The summed E-state index contributed by atoms with van der Waals surface area (Å²) in [5.41, 5.74) is 9.71. The van der Waals surface area contributed by atoms with Gasteiger partial charge in [0.25, 0.3) is 0 Å². The zero-order chi connectivity index (χ0) is 13.8. The minimum absolute atomic E-state index is 0.119. The van der Waals surface area contributed by atoms with E-state index in [9.17, 15) is 0 Å². The molecular formula is C16H18BrNO. The van der Waals surface area contributed by atoms with Crippen LogP contribution in [0.4, 0.5) is 0 Å². The maximum atomic E-state index is 6.32. The lowest BCUT2D eigenvalue weighted by molar-refractivity contribution is 0.340. The van der Waals surface area contributed by atoms with Gasteiger partial charge in [-0.2, -0.15) is 0 Å². The van der Waals surface area contributed by atoms with Crippen LogP contribution in [0.1, 0.15) is 29.7 Å². The largest absolute Gasteiger partial charge is 0.494 e. The first kappa shape index (κ1) is 14.1. The molecule has 0 saturated heterocycles. The minimum atomic E-state index is -0.119. The monoisotopic (exact) mass is 319 g/mol. The second kappa shape index (κ2) is 6.22. The van der Waals surface area contributed by atoms with E-state index >= 15 is 0 Å². The van der Waals surface area contributed by atoms with E-state index in [0.29, 0.717) is 6.61 Å². The highest BCUT2D eigenvalue weighted by atomic mass is 79.9. The van der Waals surface area contributed by atoms with Crippen molar-refractivity contribution in [1.29, 1.82) is 0 Å². The first-order chi connectivity index (χ1) is 9.10. The number of hydrogen-bond acceptors (Lipinski definition) is 2. The maximum Gasteiger partial charge on any atom is 0.119 e. The van der Waals surface area contributed by atoms with Gasteiger partial charge in [0, 0.05) is 4.47 Å². The minimum Gasteiger partial charge on any atom is -0.494 e. The van der Waals surface area contributed by atoms with Crippen LogP contribution in [0.15, 0.2) is 46.9 Å². The molecule has 0 aliphatic rings. The first-order valence-corrected chi connectivity index (χ1v) is 7.15. The Morgan fingerprint density at radius 2 is 1.79 bits per heavy atom. The van der Waals surface area contributed by atoms with Crippen molar-refractivity contribution in [1.82, 2.24) is 0 Å². The van der Waals surface area contributed by atoms with Gasteiger partial charge in [-0.1, -0.05) is 34.1 Å². The molecule has 0 aliphatic heterocycles. The van der Waals surface area contributed by atoms with E-state index in [2.05, 4.69) is 41.1 Å². The summed E-state index contributed by atoms with van der Waals surface area (Å²) in [6, 6.07) is 14.1. The molecule has 0 spiro atoms. The van der Waals surface area contributed by atoms with Gasteiger partial charge < -0.3 is 10.5 Å². The Hall–Kier alpha value is -1.32. The molecule has 100 valence electrons. The van der Waals surface area contributed by atoms with Crippen molar-refractivity contribution in [2.24, 2.45) is 5.73 Å². The summed E-state index contributed by atoms with van der Waals surface area (Å²) in [6.45, 7) is 4.72. The lowest BCUT2D eigenvalue weighted by atomic mass is 9.98. The summed E-state index contributed by atoms with van der Waals surface area (Å²) in [6.07, 6.45) is 0. The van der Waals surface area contributed by atoms with E-state index in [1.54, 1.807) is 0 Å². The van der Waals surface area contributed by atoms with Crippen LogP contribution < -0.4 is 10.5 Å². The molecule has 1 atom stereocenters. The van der Waals surface area contributed by atoms with Gasteiger partial charge in [0.15, 0.2) is 0 Å². The summed E-state index contributed by atoms with van der Waals surface area (Å²) in [5.74, 6) is 0.879.